The highest BCUT2D eigenvalue weighted by atomic mass is 16.2. The van der Waals surface area contributed by atoms with Gasteiger partial charge in [0.15, 0.2) is 5.82 Å². The Morgan fingerprint density at radius 1 is 1.19 bits per heavy atom. The molecule has 2 saturated carbocycles. The summed E-state index contributed by atoms with van der Waals surface area (Å²) in [5.41, 5.74) is 7.64. The van der Waals surface area contributed by atoms with Crippen LogP contribution < -0.4 is 11.1 Å². The van der Waals surface area contributed by atoms with Crippen molar-refractivity contribution >= 4 is 5.91 Å². The minimum absolute atomic E-state index is 0.0120. The van der Waals surface area contributed by atoms with Crippen LogP contribution in [0.3, 0.4) is 0 Å². The number of rotatable bonds is 8. The molecule has 1 aromatic carbocycles. The summed E-state index contributed by atoms with van der Waals surface area (Å²) < 4.78 is 1.73. The maximum absolute atomic E-state index is 12.5. The smallest absolute Gasteiger partial charge is 0.242 e. The summed E-state index contributed by atoms with van der Waals surface area (Å²) in [6.07, 6.45) is 8.64. The molecule has 1 atom stereocenters. The van der Waals surface area contributed by atoms with Crippen LogP contribution in [0.1, 0.15) is 61.8 Å². The zero-order chi connectivity index (χ0) is 18.6. The van der Waals surface area contributed by atoms with Gasteiger partial charge in [0.25, 0.3) is 0 Å². The Morgan fingerprint density at radius 3 is 2.63 bits per heavy atom. The third-order valence-corrected chi connectivity index (χ3v) is 5.56. The van der Waals surface area contributed by atoms with Crippen molar-refractivity contribution < 1.29 is 4.79 Å². The Kier molecular flexibility index (Phi) is 5.53. The first kappa shape index (κ1) is 18.2. The molecule has 0 spiro atoms. The number of nitrogens with zero attached hydrogens (tertiary/aromatic N) is 3. The van der Waals surface area contributed by atoms with Crippen LogP contribution in [0.4, 0.5) is 0 Å². The minimum Gasteiger partial charge on any atom is -0.352 e. The molecule has 0 bridgehead atoms. The number of aromatic nitrogens is 3. The van der Waals surface area contributed by atoms with E-state index in [-0.39, 0.29) is 18.5 Å². The first-order chi connectivity index (χ1) is 13.2. The molecule has 0 saturated heterocycles. The average Bonchev–Trinajstić information content (AvgIpc) is 3.14. The monoisotopic (exact) mass is 367 g/mol. The van der Waals surface area contributed by atoms with Gasteiger partial charge >= 0.3 is 0 Å². The number of nitrogens with one attached hydrogen (secondary N) is 1. The van der Waals surface area contributed by atoms with Gasteiger partial charge in [0, 0.05) is 12.5 Å². The zero-order valence-corrected chi connectivity index (χ0v) is 15.8. The Bertz CT molecular complexity index is 762. The number of hydrogen-bond donors (Lipinski definition) is 2. The van der Waals surface area contributed by atoms with Crippen LogP contribution in [-0.2, 0) is 24.2 Å². The Hall–Kier alpha value is -2.21. The first-order valence-electron chi connectivity index (χ1n) is 10.2. The van der Waals surface area contributed by atoms with E-state index < -0.39 is 0 Å². The number of hydrogen-bond acceptors (Lipinski definition) is 4. The quantitative estimate of drug-likeness (QED) is 0.751. The summed E-state index contributed by atoms with van der Waals surface area (Å²) in [6.45, 7) is 0.200. The highest BCUT2D eigenvalue weighted by molar-refractivity contribution is 5.76. The lowest BCUT2D eigenvalue weighted by Crippen LogP contribution is -2.36. The zero-order valence-electron chi connectivity index (χ0n) is 15.8. The first-order valence-corrected chi connectivity index (χ1v) is 10.2. The van der Waals surface area contributed by atoms with E-state index in [4.69, 9.17) is 10.7 Å². The van der Waals surface area contributed by atoms with Crippen LogP contribution >= 0.6 is 0 Å². The lowest BCUT2D eigenvalue weighted by Gasteiger charge is -2.15. The van der Waals surface area contributed by atoms with Crippen molar-refractivity contribution in [2.24, 2.45) is 11.7 Å². The van der Waals surface area contributed by atoms with Gasteiger partial charge in [0.1, 0.15) is 12.4 Å². The molecule has 0 radical (unpaired) electrons. The molecular formula is C21H29N5O. The third kappa shape index (κ3) is 4.95. The van der Waals surface area contributed by atoms with E-state index in [1.54, 1.807) is 4.68 Å². The van der Waals surface area contributed by atoms with Crippen molar-refractivity contribution in [1.82, 2.24) is 20.1 Å². The second-order valence-electron chi connectivity index (χ2n) is 8.04. The van der Waals surface area contributed by atoms with Crippen molar-refractivity contribution in [2.75, 3.05) is 0 Å². The number of amides is 1. The number of carbonyl (C=O) groups is 1. The molecule has 3 N–H and O–H groups in total. The van der Waals surface area contributed by atoms with E-state index in [9.17, 15) is 4.79 Å². The summed E-state index contributed by atoms with van der Waals surface area (Å²) in [6, 6.07) is 10.2. The molecule has 27 heavy (non-hydrogen) atoms. The highest BCUT2D eigenvalue weighted by Gasteiger charge is 2.26. The number of nitrogens with two attached hydrogens (primary N) is 1. The number of carbonyl (C=O) groups excluding carboxylic acids is 1. The van der Waals surface area contributed by atoms with Crippen LogP contribution in [0.15, 0.2) is 30.3 Å². The maximum Gasteiger partial charge on any atom is 0.242 e. The standard InChI is InChI=1S/C21H29N5O/c22-18(12-15-6-2-1-3-7-15)21-24-19(13-16-10-11-16)25-26(21)14-20(27)23-17-8-4-5-9-17/h1-3,6-7,16-18H,4-5,8-14,22H2,(H,23,27)/t18-/m1/s1. The molecule has 1 heterocycles. The molecule has 0 unspecified atom stereocenters. The van der Waals surface area contributed by atoms with Crippen molar-refractivity contribution in [3.63, 3.8) is 0 Å². The summed E-state index contributed by atoms with van der Waals surface area (Å²) in [5, 5.41) is 7.77. The SMILES string of the molecule is N[C@H](Cc1ccccc1)c1nc(CC2CC2)nn1CC(=O)NC1CCCC1. The van der Waals surface area contributed by atoms with Gasteiger partial charge in [-0.05, 0) is 43.6 Å². The third-order valence-electron chi connectivity index (χ3n) is 5.56. The van der Waals surface area contributed by atoms with Gasteiger partial charge < -0.3 is 11.1 Å². The molecule has 2 aliphatic rings. The number of benzene rings is 1. The Labute approximate surface area is 160 Å². The lowest BCUT2D eigenvalue weighted by molar-refractivity contribution is -0.122. The lowest BCUT2D eigenvalue weighted by atomic mass is 10.1. The normalized spacial score (nSPS) is 18.6. The van der Waals surface area contributed by atoms with E-state index in [1.807, 2.05) is 18.2 Å². The van der Waals surface area contributed by atoms with E-state index >= 15 is 0 Å². The van der Waals surface area contributed by atoms with Gasteiger partial charge in [0.05, 0.1) is 6.04 Å². The van der Waals surface area contributed by atoms with Gasteiger partial charge in [0.2, 0.25) is 5.91 Å². The van der Waals surface area contributed by atoms with E-state index in [0.717, 1.165) is 30.9 Å². The average molecular weight is 367 g/mol. The minimum atomic E-state index is -0.271. The molecule has 0 aliphatic heterocycles. The van der Waals surface area contributed by atoms with Crippen molar-refractivity contribution in [2.45, 2.75) is 70.0 Å². The molecule has 2 fully saturated rings. The maximum atomic E-state index is 12.5. The van der Waals surface area contributed by atoms with Crippen LogP contribution in [0.5, 0.6) is 0 Å². The predicted molar refractivity (Wildman–Crippen MR) is 104 cm³/mol. The van der Waals surface area contributed by atoms with Crippen LogP contribution in [-0.4, -0.2) is 26.7 Å². The Morgan fingerprint density at radius 2 is 1.93 bits per heavy atom. The van der Waals surface area contributed by atoms with Crippen LogP contribution in [0.25, 0.3) is 0 Å². The molecular weight excluding hydrogens is 338 g/mol. The topological polar surface area (TPSA) is 85.8 Å². The molecule has 2 aliphatic carbocycles. The predicted octanol–water partition coefficient (Wildman–Crippen LogP) is 2.53. The molecule has 1 aromatic heterocycles. The van der Waals surface area contributed by atoms with Gasteiger partial charge in [-0.1, -0.05) is 43.2 Å². The fraction of sp³-hybridized carbons (Fsp3) is 0.571. The molecule has 2 aromatic rings. The molecule has 1 amide bonds. The molecule has 4 rings (SSSR count). The summed E-state index contributed by atoms with van der Waals surface area (Å²) >= 11 is 0. The van der Waals surface area contributed by atoms with Crippen molar-refractivity contribution in [3.8, 4) is 0 Å². The van der Waals surface area contributed by atoms with Crippen LogP contribution in [0.2, 0.25) is 0 Å². The summed E-state index contributed by atoms with van der Waals surface area (Å²) in [7, 11) is 0. The van der Waals surface area contributed by atoms with E-state index in [1.165, 1.54) is 31.2 Å². The van der Waals surface area contributed by atoms with Gasteiger partial charge in [-0.3, -0.25) is 4.79 Å². The molecule has 144 valence electrons. The fourth-order valence-corrected chi connectivity index (χ4v) is 3.90. The van der Waals surface area contributed by atoms with Crippen molar-refractivity contribution in [3.05, 3.63) is 47.5 Å². The van der Waals surface area contributed by atoms with Crippen molar-refractivity contribution in [1.29, 1.82) is 0 Å². The van der Waals surface area contributed by atoms with E-state index in [0.29, 0.717) is 18.4 Å². The summed E-state index contributed by atoms with van der Waals surface area (Å²) in [4.78, 5) is 17.2. The second-order valence-corrected chi connectivity index (χ2v) is 8.04. The highest BCUT2D eigenvalue weighted by Crippen LogP contribution is 2.32. The fourth-order valence-electron chi connectivity index (χ4n) is 3.90. The molecule has 6 nitrogen and oxygen atoms in total. The van der Waals surface area contributed by atoms with E-state index in [2.05, 4.69) is 22.5 Å². The largest absolute Gasteiger partial charge is 0.352 e. The van der Waals surface area contributed by atoms with Gasteiger partial charge in [-0.2, -0.15) is 5.10 Å². The van der Waals surface area contributed by atoms with Gasteiger partial charge in [-0.15, -0.1) is 0 Å². The molecule has 6 heteroatoms. The summed E-state index contributed by atoms with van der Waals surface area (Å²) in [5.74, 6) is 2.25. The van der Waals surface area contributed by atoms with Gasteiger partial charge in [-0.25, -0.2) is 9.67 Å². The van der Waals surface area contributed by atoms with Crippen LogP contribution in [0, 0.1) is 5.92 Å². The Balaban J connectivity index is 1.47. The second kappa shape index (κ2) is 8.21.